The summed E-state index contributed by atoms with van der Waals surface area (Å²) in [6, 6.07) is 9.15. The number of halogens is 2. The third-order valence-corrected chi connectivity index (χ3v) is 12.9. The van der Waals surface area contributed by atoms with Gasteiger partial charge in [0.1, 0.15) is 18.1 Å². The van der Waals surface area contributed by atoms with Gasteiger partial charge in [-0.1, -0.05) is 12.1 Å². The molecule has 1 unspecified atom stereocenters. The van der Waals surface area contributed by atoms with Crippen LogP contribution in [0.15, 0.2) is 53.4 Å². The van der Waals surface area contributed by atoms with Crippen LogP contribution in [0.25, 0.3) is 22.4 Å². The first kappa shape index (κ1) is 41.8. The van der Waals surface area contributed by atoms with Crippen molar-refractivity contribution in [1.82, 2.24) is 39.7 Å². The molecule has 0 spiro atoms. The molecule has 3 N–H and O–H groups in total. The molecular weight excluding hydrogens is 799 g/mol. The Hall–Kier alpha value is -5.55. The van der Waals surface area contributed by atoms with E-state index in [9.17, 15) is 23.2 Å². The highest BCUT2D eigenvalue weighted by Crippen LogP contribution is 2.36. The maximum absolute atomic E-state index is 14.2. The number of nitrogens with zero attached hydrogens (tertiary/aromatic N) is 7. The Morgan fingerprint density at radius 2 is 1.82 bits per heavy atom. The fourth-order valence-electron chi connectivity index (χ4n) is 9.33. The van der Waals surface area contributed by atoms with Crippen LogP contribution in [0.4, 0.5) is 20.3 Å². The normalized spacial score (nSPS) is 21.5. The van der Waals surface area contributed by atoms with Crippen LogP contribution < -0.4 is 16.0 Å². The number of hydrogen-bond acceptors (Lipinski definition) is 11. The van der Waals surface area contributed by atoms with Crippen LogP contribution in [0, 0.1) is 18.8 Å². The van der Waals surface area contributed by atoms with Crippen molar-refractivity contribution in [3.8, 4) is 11.5 Å². The lowest BCUT2D eigenvalue weighted by molar-refractivity contribution is -0.135. The van der Waals surface area contributed by atoms with E-state index in [4.69, 9.17) is 14.3 Å². The molecule has 4 aromatic heterocycles. The summed E-state index contributed by atoms with van der Waals surface area (Å²) in [6.45, 7) is 6.47. The van der Waals surface area contributed by atoms with E-state index in [1.54, 1.807) is 21.6 Å². The van der Waals surface area contributed by atoms with Crippen LogP contribution in [0.5, 0.6) is 0 Å². The van der Waals surface area contributed by atoms with Gasteiger partial charge < -0.3 is 24.7 Å². The van der Waals surface area contributed by atoms with Gasteiger partial charge in [0.15, 0.2) is 11.4 Å². The zero-order valence-electron chi connectivity index (χ0n) is 35.0. The second-order valence-electron chi connectivity index (χ2n) is 17.4. The number of imide groups is 1. The predicted octanol–water partition coefficient (Wildman–Crippen LogP) is 7.43. The second kappa shape index (κ2) is 18.4. The highest BCUT2D eigenvalue weighted by molar-refractivity contribution is 6.03. The van der Waals surface area contributed by atoms with Crippen LogP contribution in [0.3, 0.4) is 0 Å². The van der Waals surface area contributed by atoms with Crippen LogP contribution in [-0.4, -0.2) is 91.0 Å². The SMILES string of the molecule is Cc1nn(C2CCC(=O)NC2=O)c2cccc(CCCOC3CCN(CC4CCC(n5cc(NC(=O)c6coc(-c7ccnc(NCC8CC8)c7)n6)c(C(F)F)n5)CC4)CC3)c12. The first-order valence-corrected chi connectivity index (χ1v) is 22.1. The number of piperidine rings is 2. The summed E-state index contributed by atoms with van der Waals surface area (Å²) in [6.07, 6.45) is 12.2. The van der Waals surface area contributed by atoms with Gasteiger partial charge in [-0.05, 0) is 113 Å². The standard InChI is InChI=1S/C45H54F2N10O5/c1-27-40-30(4-2-6-36(40)57(53-27)37-13-14-39(58)52-44(37)60)5-3-21-61-33-16-19-55(20-17-33)24-29-9-11-32(12-10-29)56-25-34(41(54-56)42(46)47)50-43(59)35-26-62-45(51-35)31-15-18-48-38(22-31)49-23-28-7-8-28/h2,4,6,15,18,22,25-26,28-29,32-33,37,42H,3,5,7-14,16-17,19-21,23-24H2,1H3,(H,48,49)(H,50,59)(H,52,58,60). The third kappa shape index (κ3) is 9.58. The smallest absolute Gasteiger partial charge is 0.284 e. The molecule has 5 aromatic rings. The molecule has 2 aliphatic heterocycles. The number of likely N-dealkylation sites (tertiary alicyclic amines) is 1. The molecule has 4 aliphatic rings. The summed E-state index contributed by atoms with van der Waals surface area (Å²) in [7, 11) is 0. The molecule has 1 atom stereocenters. The van der Waals surface area contributed by atoms with Crippen molar-refractivity contribution in [1.29, 1.82) is 0 Å². The number of alkyl halides is 2. The van der Waals surface area contributed by atoms with E-state index in [0.717, 1.165) is 94.1 Å². The van der Waals surface area contributed by atoms with E-state index in [1.807, 2.05) is 25.1 Å². The van der Waals surface area contributed by atoms with Crippen molar-refractivity contribution in [2.24, 2.45) is 11.8 Å². The fourth-order valence-corrected chi connectivity index (χ4v) is 9.33. The number of anilines is 2. The Morgan fingerprint density at radius 1 is 1.02 bits per heavy atom. The zero-order valence-corrected chi connectivity index (χ0v) is 35.0. The van der Waals surface area contributed by atoms with E-state index in [2.05, 4.69) is 42.0 Å². The number of nitrogens with one attached hydrogen (secondary N) is 3. The summed E-state index contributed by atoms with van der Waals surface area (Å²) in [4.78, 5) is 48.6. The summed E-state index contributed by atoms with van der Waals surface area (Å²) < 4.78 is 43.7. The van der Waals surface area contributed by atoms with Gasteiger partial charge in [-0.3, -0.25) is 29.1 Å². The van der Waals surface area contributed by atoms with Gasteiger partial charge in [0.2, 0.25) is 11.8 Å². The highest BCUT2D eigenvalue weighted by atomic mass is 19.3. The van der Waals surface area contributed by atoms with Crippen molar-refractivity contribution in [2.75, 3.05) is 43.4 Å². The van der Waals surface area contributed by atoms with Gasteiger partial charge in [-0.15, -0.1) is 0 Å². The van der Waals surface area contributed by atoms with Crippen LogP contribution in [0.1, 0.15) is 117 Å². The number of pyridine rings is 1. The first-order chi connectivity index (χ1) is 30.1. The molecule has 62 heavy (non-hydrogen) atoms. The average molecular weight is 853 g/mol. The van der Waals surface area contributed by atoms with Crippen molar-refractivity contribution in [3.05, 3.63) is 71.6 Å². The minimum absolute atomic E-state index is 0.0205. The molecule has 6 heterocycles. The third-order valence-electron chi connectivity index (χ3n) is 12.9. The molecule has 17 heteroatoms. The Morgan fingerprint density at radius 3 is 2.60 bits per heavy atom. The number of hydrogen-bond donors (Lipinski definition) is 3. The predicted molar refractivity (Wildman–Crippen MR) is 227 cm³/mol. The Kier molecular flexibility index (Phi) is 12.4. The summed E-state index contributed by atoms with van der Waals surface area (Å²) in [5.74, 6) is 0.940. The molecule has 3 amide bonds. The van der Waals surface area contributed by atoms with Gasteiger partial charge in [-0.2, -0.15) is 10.2 Å². The van der Waals surface area contributed by atoms with Gasteiger partial charge in [0.05, 0.1) is 29.0 Å². The van der Waals surface area contributed by atoms with Crippen LogP contribution >= 0.6 is 0 Å². The maximum atomic E-state index is 14.2. The van der Waals surface area contributed by atoms with E-state index >= 15 is 0 Å². The maximum Gasteiger partial charge on any atom is 0.284 e. The number of aryl methyl sites for hydroxylation is 2. The molecule has 0 bridgehead atoms. The molecule has 2 aliphatic carbocycles. The molecule has 2 saturated carbocycles. The Balaban J connectivity index is 0.708. The van der Waals surface area contributed by atoms with E-state index < -0.39 is 24.1 Å². The fraction of sp³-hybridized carbons (Fsp3) is 0.533. The van der Waals surface area contributed by atoms with E-state index in [0.29, 0.717) is 42.7 Å². The topological polar surface area (TPSA) is 174 Å². The minimum atomic E-state index is -2.86. The van der Waals surface area contributed by atoms with Gasteiger partial charge >= 0.3 is 0 Å². The monoisotopic (exact) mass is 852 g/mol. The lowest BCUT2D eigenvalue weighted by Crippen LogP contribution is -2.42. The number of aromatic nitrogens is 6. The van der Waals surface area contributed by atoms with Crippen LogP contribution in [-0.2, 0) is 20.7 Å². The van der Waals surface area contributed by atoms with Crippen molar-refractivity contribution >= 4 is 40.1 Å². The molecule has 328 valence electrons. The molecule has 2 saturated heterocycles. The number of fused-ring (bicyclic) bond motifs is 1. The number of carbonyl (C=O) groups is 3. The number of benzene rings is 1. The van der Waals surface area contributed by atoms with Gasteiger partial charge in [0, 0.05) is 62.6 Å². The summed E-state index contributed by atoms with van der Waals surface area (Å²) >= 11 is 0. The van der Waals surface area contributed by atoms with Gasteiger partial charge in [0.25, 0.3) is 18.2 Å². The largest absolute Gasteiger partial charge is 0.444 e. The van der Waals surface area contributed by atoms with Gasteiger partial charge in [-0.25, -0.2) is 18.7 Å². The highest BCUT2D eigenvalue weighted by Gasteiger charge is 2.32. The Labute approximate surface area is 358 Å². The number of rotatable bonds is 16. The summed E-state index contributed by atoms with van der Waals surface area (Å²) in [5, 5.41) is 18.4. The number of amides is 3. The molecule has 4 fully saturated rings. The summed E-state index contributed by atoms with van der Waals surface area (Å²) in [5.41, 5.74) is 3.13. The number of carbonyl (C=O) groups excluding carboxylic acids is 3. The first-order valence-electron chi connectivity index (χ1n) is 22.1. The minimum Gasteiger partial charge on any atom is -0.444 e. The van der Waals surface area contributed by atoms with E-state index in [1.165, 1.54) is 30.9 Å². The number of oxazole rings is 1. The second-order valence-corrected chi connectivity index (χ2v) is 17.4. The van der Waals surface area contributed by atoms with Crippen molar-refractivity contribution in [2.45, 2.75) is 109 Å². The van der Waals surface area contributed by atoms with Crippen molar-refractivity contribution < 1.29 is 32.3 Å². The van der Waals surface area contributed by atoms with Crippen LogP contribution in [0.2, 0.25) is 0 Å². The number of ether oxygens (including phenoxy) is 1. The lowest BCUT2D eigenvalue weighted by atomic mass is 9.85. The molecule has 15 nitrogen and oxygen atoms in total. The molecule has 9 rings (SSSR count). The molecule has 0 radical (unpaired) electrons. The van der Waals surface area contributed by atoms with Crippen molar-refractivity contribution in [3.63, 3.8) is 0 Å². The molecular formula is C45H54F2N10O5. The lowest BCUT2D eigenvalue weighted by Gasteiger charge is -2.36. The average Bonchev–Trinajstić information content (AvgIpc) is 3.62. The molecule has 1 aromatic carbocycles. The Bertz CT molecular complexity index is 2390. The quantitative estimate of drug-likeness (QED) is 0.0666. The van der Waals surface area contributed by atoms with E-state index in [-0.39, 0.29) is 41.2 Å². The zero-order chi connectivity index (χ0) is 42.7.